The molecule has 0 fully saturated rings. The lowest BCUT2D eigenvalue weighted by molar-refractivity contribution is -0.114. The van der Waals surface area contributed by atoms with E-state index in [9.17, 15) is 14.4 Å². The molecule has 144 valence electrons. The van der Waals surface area contributed by atoms with Crippen molar-refractivity contribution in [2.45, 2.75) is 25.0 Å². The van der Waals surface area contributed by atoms with Crippen molar-refractivity contribution in [3.63, 3.8) is 0 Å². The van der Waals surface area contributed by atoms with Crippen LogP contribution in [0.2, 0.25) is 0 Å². The zero-order valence-electron chi connectivity index (χ0n) is 15.3. The summed E-state index contributed by atoms with van der Waals surface area (Å²) in [5.41, 5.74) is 2.02. The number of H-pyrrole nitrogens is 1. The molecule has 2 aromatic carbocycles. The molecule has 0 atom stereocenters. The Bertz CT molecular complexity index is 1010. The maximum absolute atomic E-state index is 12.4. The van der Waals surface area contributed by atoms with Gasteiger partial charge in [-0.1, -0.05) is 42.1 Å². The number of hydrogen-bond acceptors (Lipinski definition) is 5. The smallest absolute Gasteiger partial charge is 0.326 e. The number of anilines is 1. The average molecular weight is 396 g/mol. The number of aryl methyl sites for hydroxylation is 1. The molecule has 0 saturated heterocycles. The third kappa shape index (κ3) is 5.20. The van der Waals surface area contributed by atoms with Gasteiger partial charge in [0.05, 0.1) is 5.75 Å². The van der Waals surface area contributed by atoms with Crippen molar-refractivity contribution < 1.29 is 9.59 Å². The Balaban J connectivity index is 1.60. The van der Waals surface area contributed by atoms with Crippen molar-refractivity contribution >= 4 is 29.1 Å². The Morgan fingerprint density at radius 3 is 2.50 bits per heavy atom. The first-order valence-electron chi connectivity index (χ1n) is 8.75. The molecule has 0 unspecified atom stereocenters. The fraction of sp³-hybridized carbons (Fsp3) is 0.200. The fourth-order valence-corrected chi connectivity index (χ4v) is 3.52. The lowest BCUT2D eigenvalue weighted by Gasteiger charge is -2.06. The molecule has 2 N–H and O–H groups in total. The second-order valence-corrected chi connectivity index (χ2v) is 7.11. The average Bonchev–Trinajstić information content (AvgIpc) is 3.05. The molecule has 3 aromatic rings. The number of hydrogen-bond donors (Lipinski definition) is 2. The Morgan fingerprint density at radius 2 is 1.82 bits per heavy atom. The zero-order valence-corrected chi connectivity index (χ0v) is 16.2. The SMILES string of the molecule is CC(=O)Nc1ccc(C(=O)CSc2n[nH]c(=O)n2CCc2ccccc2)cc1. The minimum atomic E-state index is -0.287. The van der Waals surface area contributed by atoms with E-state index in [4.69, 9.17) is 0 Å². The van der Waals surface area contributed by atoms with Gasteiger partial charge in [0.1, 0.15) is 0 Å². The van der Waals surface area contributed by atoms with Crippen LogP contribution in [0.25, 0.3) is 0 Å². The molecule has 0 bridgehead atoms. The van der Waals surface area contributed by atoms with Crippen LogP contribution in [-0.2, 0) is 17.8 Å². The van der Waals surface area contributed by atoms with E-state index in [0.29, 0.717) is 29.4 Å². The van der Waals surface area contributed by atoms with Crippen LogP contribution in [0.1, 0.15) is 22.8 Å². The summed E-state index contributed by atoms with van der Waals surface area (Å²) in [6.45, 7) is 1.91. The van der Waals surface area contributed by atoms with Crippen LogP contribution in [-0.4, -0.2) is 32.2 Å². The number of rotatable bonds is 8. The van der Waals surface area contributed by atoms with Gasteiger partial charge < -0.3 is 5.32 Å². The highest BCUT2D eigenvalue weighted by Crippen LogP contribution is 2.17. The standard InChI is InChI=1S/C20H20N4O3S/c1-14(25)21-17-9-7-16(8-10-17)18(26)13-28-20-23-22-19(27)24(20)12-11-15-5-3-2-4-6-15/h2-10H,11-13H2,1H3,(H,21,25)(H,22,27). The molecule has 1 aromatic heterocycles. The third-order valence-corrected chi connectivity index (χ3v) is 5.03. The molecule has 1 amide bonds. The Morgan fingerprint density at radius 1 is 1.11 bits per heavy atom. The Labute approximate surface area is 166 Å². The van der Waals surface area contributed by atoms with E-state index < -0.39 is 0 Å². The molecule has 0 radical (unpaired) electrons. The highest BCUT2D eigenvalue weighted by atomic mass is 32.2. The van der Waals surface area contributed by atoms with Crippen molar-refractivity contribution in [1.82, 2.24) is 14.8 Å². The number of ketones is 1. The van der Waals surface area contributed by atoms with Gasteiger partial charge in [-0.05, 0) is 36.2 Å². The van der Waals surface area contributed by atoms with Gasteiger partial charge in [-0.2, -0.15) is 0 Å². The first-order valence-corrected chi connectivity index (χ1v) is 9.74. The molecule has 1 heterocycles. The number of Topliss-reactive ketones (excluding diaryl/α,β-unsaturated/α-hetero) is 1. The molecule has 8 heteroatoms. The maximum atomic E-state index is 12.4. The summed E-state index contributed by atoms with van der Waals surface area (Å²) in [5.74, 6) is -0.0826. The van der Waals surface area contributed by atoms with Gasteiger partial charge in [-0.3, -0.25) is 14.2 Å². The largest absolute Gasteiger partial charge is 0.343 e. The number of benzene rings is 2. The highest BCUT2D eigenvalue weighted by molar-refractivity contribution is 7.99. The first kappa shape index (κ1) is 19.6. The molecule has 7 nitrogen and oxygen atoms in total. The summed E-state index contributed by atoms with van der Waals surface area (Å²) in [6, 6.07) is 16.6. The van der Waals surface area contributed by atoms with Crippen molar-refractivity contribution in [2.24, 2.45) is 0 Å². The van der Waals surface area contributed by atoms with Crippen molar-refractivity contribution in [3.05, 3.63) is 76.2 Å². The quantitative estimate of drug-likeness (QED) is 0.451. The topological polar surface area (TPSA) is 96.8 Å². The number of carbonyl (C=O) groups is 2. The number of thioether (sulfide) groups is 1. The molecule has 28 heavy (non-hydrogen) atoms. The summed E-state index contributed by atoms with van der Waals surface area (Å²) < 4.78 is 1.55. The van der Waals surface area contributed by atoms with Gasteiger partial charge in [0, 0.05) is 24.7 Å². The number of nitrogens with zero attached hydrogens (tertiary/aromatic N) is 2. The predicted octanol–water partition coefficient (Wildman–Crippen LogP) is 2.75. The van der Waals surface area contributed by atoms with Crippen LogP contribution in [0.5, 0.6) is 0 Å². The molecule has 0 saturated carbocycles. The van der Waals surface area contributed by atoms with Gasteiger partial charge in [0.15, 0.2) is 10.9 Å². The monoisotopic (exact) mass is 396 g/mol. The van der Waals surface area contributed by atoms with E-state index in [0.717, 1.165) is 5.56 Å². The summed E-state index contributed by atoms with van der Waals surface area (Å²) in [7, 11) is 0. The molecule has 0 aliphatic rings. The molecule has 3 rings (SSSR count). The number of carbonyl (C=O) groups excluding carboxylic acids is 2. The van der Waals surface area contributed by atoms with Gasteiger partial charge in [0.25, 0.3) is 0 Å². The molecule has 0 aliphatic heterocycles. The van der Waals surface area contributed by atoms with Crippen molar-refractivity contribution in [2.75, 3.05) is 11.1 Å². The normalized spacial score (nSPS) is 10.6. The Kier molecular flexibility index (Phi) is 6.44. The van der Waals surface area contributed by atoms with E-state index in [1.54, 1.807) is 28.8 Å². The number of aromatic nitrogens is 3. The third-order valence-electron chi connectivity index (χ3n) is 4.05. The summed E-state index contributed by atoms with van der Waals surface area (Å²) >= 11 is 1.22. The molecular weight excluding hydrogens is 376 g/mol. The first-order chi connectivity index (χ1) is 13.5. The summed E-state index contributed by atoms with van der Waals surface area (Å²) in [4.78, 5) is 35.5. The number of aromatic amines is 1. The number of amides is 1. The van der Waals surface area contributed by atoms with Crippen molar-refractivity contribution in [3.8, 4) is 0 Å². The van der Waals surface area contributed by atoms with E-state index in [1.165, 1.54) is 18.7 Å². The lowest BCUT2D eigenvalue weighted by atomic mass is 10.1. The fourth-order valence-electron chi connectivity index (χ4n) is 2.65. The van der Waals surface area contributed by atoms with Crippen LogP contribution in [0.4, 0.5) is 5.69 Å². The zero-order chi connectivity index (χ0) is 19.9. The van der Waals surface area contributed by atoms with E-state index in [-0.39, 0.29) is 23.1 Å². The van der Waals surface area contributed by atoms with Crippen LogP contribution in [0.3, 0.4) is 0 Å². The van der Waals surface area contributed by atoms with E-state index in [2.05, 4.69) is 15.5 Å². The van der Waals surface area contributed by atoms with Gasteiger partial charge in [-0.15, -0.1) is 5.10 Å². The number of nitrogens with one attached hydrogen (secondary N) is 2. The van der Waals surface area contributed by atoms with E-state index >= 15 is 0 Å². The van der Waals surface area contributed by atoms with Crippen LogP contribution < -0.4 is 11.0 Å². The van der Waals surface area contributed by atoms with Crippen LogP contribution >= 0.6 is 11.8 Å². The minimum Gasteiger partial charge on any atom is -0.326 e. The summed E-state index contributed by atoms with van der Waals surface area (Å²) in [6.07, 6.45) is 0.701. The molecular formula is C20H20N4O3S. The predicted molar refractivity (Wildman–Crippen MR) is 109 cm³/mol. The van der Waals surface area contributed by atoms with E-state index in [1.807, 2.05) is 30.3 Å². The lowest BCUT2D eigenvalue weighted by Crippen LogP contribution is -2.19. The second-order valence-electron chi connectivity index (χ2n) is 6.17. The molecule has 0 aliphatic carbocycles. The molecule has 0 spiro atoms. The van der Waals surface area contributed by atoms with Gasteiger partial charge in [-0.25, -0.2) is 9.89 Å². The van der Waals surface area contributed by atoms with Gasteiger partial charge >= 0.3 is 5.69 Å². The van der Waals surface area contributed by atoms with Crippen LogP contribution in [0, 0.1) is 0 Å². The second kappa shape index (κ2) is 9.18. The van der Waals surface area contributed by atoms with Crippen molar-refractivity contribution in [1.29, 1.82) is 0 Å². The maximum Gasteiger partial charge on any atom is 0.343 e. The minimum absolute atomic E-state index is 0.0792. The summed E-state index contributed by atoms with van der Waals surface area (Å²) in [5, 5.41) is 9.63. The highest BCUT2D eigenvalue weighted by Gasteiger charge is 2.13. The Hall–Kier alpha value is -3.13. The van der Waals surface area contributed by atoms with Crippen LogP contribution in [0.15, 0.2) is 64.5 Å². The van der Waals surface area contributed by atoms with Gasteiger partial charge in [0.2, 0.25) is 5.91 Å².